The lowest BCUT2D eigenvalue weighted by Crippen LogP contribution is -2.19. The molecule has 0 spiro atoms. The SMILES string of the molecule is CCOc1cc(NC(=O)Nc2ccccc2Br)cc(OCC)c1OCC. The molecule has 0 heterocycles. The molecule has 140 valence electrons. The number of anilines is 2. The fourth-order valence-corrected chi connectivity index (χ4v) is 2.69. The van der Waals surface area contributed by atoms with Crippen molar-refractivity contribution >= 4 is 33.3 Å². The minimum absolute atomic E-state index is 0.369. The average Bonchev–Trinajstić information content (AvgIpc) is 2.60. The third-order valence-electron chi connectivity index (χ3n) is 3.29. The van der Waals surface area contributed by atoms with Crippen LogP contribution < -0.4 is 24.8 Å². The first-order valence-electron chi connectivity index (χ1n) is 8.47. The van der Waals surface area contributed by atoms with Crippen LogP contribution in [0.15, 0.2) is 40.9 Å². The number of benzene rings is 2. The Morgan fingerprint density at radius 3 is 2.04 bits per heavy atom. The number of amides is 2. The molecule has 0 radical (unpaired) electrons. The summed E-state index contributed by atoms with van der Waals surface area (Å²) in [6.07, 6.45) is 0. The second-order valence-corrected chi connectivity index (χ2v) is 6.01. The number of nitrogens with one attached hydrogen (secondary N) is 2. The van der Waals surface area contributed by atoms with Gasteiger partial charge in [0.15, 0.2) is 11.5 Å². The Kier molecular flexibility index (Phi) is 7.59. The summed E-state index contributed by atoms with van der Waals surface area (Å²) < 4.78 is 17.8. The topological polar surface area (TPSA) is 68.8 Å². The molecule has 0 aliphatic rings. The third-order valence-corrected chi connectivity index (χ3v) is 3.98. The highest BCUT2D eigenvalue weighted by molar-refractivity contribution is 9.10. The maximum Gasteiger partial charge on any atom is 0.323 e. The van der Waals surface area contributed by atoms with E-state index in [1.807, 2.05) is 39.0 Å². The van der Waals surface area contributed by atoms with Gasteiger partial charge in [0, 0.05) is 16.6 Å². The summed E-state index contributed by atoms with van der Waals surface area (Å²) in [4.78, 5) is 12.3. The Labute approximate surface area is 162 Å². The smallest absolute Gasteiger partial charge is 0.323 e. The van der Waals surface area contributed by atoms with Gasteiger partial charge in [-0.3, -0.25) is 0 Å². The molecule has 0 aromatic heterocycles. The van der Waals surface area contributed by atoms with Crippen molar-refractivity contribution in [2.75, 3.05) is 30.5 Å². The van der Waals surface area contributed by atoms with Gasteiger partial charge in [-0.05, 0) is 48.8 Å². The van der Waals surface area contributed by atoms with Gasteiger partial charge in [0.2, 0.25) is 5.75 Å². The number of ether oxygens (including phenoxy) is 3. The first-order chi connectivity index (χ1) is 12.6. The fourth-order valence-electron chi connectivity index (χ4n) is 2.31. The van der Waals surface area contributed by atoms with Gasteiger partial charge in [0.1, 0.15) is 0 Å². The normalized spacial score (nSPS) is 10.2. The fraction of sp³-hybridized carbons (Fsp3) is 0.316. The Bertz CT molecular complexity index is 725. The van der Waals surface area contributed by atoms with E-state index in [4.69, 9.17) is 14.2 Å². The second kappa shape index (κ2) is 9.91. The molecule has 0 unspecified atom stereocenters. The molecule has 0 bridgehead atoms. The standard InChI is InChI=1S/C19H23BrN2O4/c1-4-24-16-11-13(12-17(25-5-2)18(16)26-6-3)21-19(23)22-15-10-8-7-9-14(15)20/h7-12H,4-6H2,1-3H3,(H2,21,22,23). The Morgan fingerprint density at radius 2 is 1.50 bits per heavy atom. The summed E-state index contributed by atoms with van der Waals surface area (Å²) >= 11 is 3.40. The molecule has 0 aliphatic heterocycles. The van der Waals surface area contributed by atoms with Gasteiger partial charge >= 0.3 is 6.03 Å². The molecule has 2 N–H and O–H groups in total. The van der Waals surface area contributed by atoms with Crippen molar-refractivity contribution < 1.29 is 19.0 Å². The second-order valence-electron chi connectivity index (χ2n) is 5.16. The summed E-state index contributed by atoms with van der Waals surface area (Å²) in [6, 6.07) is 10.4. The molecule has 2 aromatic carbocycles. The molecule has 0 atom stereocenters. The third kappa shape index (κ3) is 5.29. The zero-order valence-electron chi connectivity index (χ0n) is 15.1. The van der Waals surface area contributed by atoms with E-state index in [0.29, 0.717) is 48.4 Å². The molecule has 6 nitrogen and oxygen atoms in total. The van der Waals surface area contributed by atoms with Crippen molar-refractivity contribution in [1.29, 1.82) is 0 Å². The zero-order valence-corrected chi connectivity index (χ0v) is 16.7. The number of carbonyl (C=O) groups excluding carboxylic acids is 1. The van der Waals surface area contributed by atoms with Crippen molar-refractivity contribution in [2.24, 2.45) is 0 Å². The number of halogens is 1. The van der Waals surface area contributed by atoms with Crippen LogP contribution in [0.25, 0.3) is 0 Å². The molecule has 0 saturated heterocycles. The quantitative estimate of drug-likeness (QED) is 0.606. The molecule has 26 heavy (non-hydrogen) atoms. The molecule has 0 fully saturated rings. The van der Waals surface area contributed by atoms with E-state index in [-0.39, 0.29) is 6.03 Å². The van der Waals surface area contributed by atoms with Gasteiger partial charge < -0.3 is 24.8 Å². The molecule has 0 saturated carbocycles. The van der Waals surface area contributed by atoms with Gasteiger partial charge in [0.05, 0.1) is 31.2 Å². The van der Waals surface area contributed by atoms with Crippen LogP contribution in [0.1, 0.15) is 20.8 Å². The molecule has 2 aromatic rings. The van der Waals surface area contributed by atoms with Gasteiger partial charge in [-0.1, -0.05) is 12.1 Å². The maximum atomic E-state index is 12.3. The first kappa shape index (κ1) is 19.9. The number of carbonyl (C=O) groups is 1. The van der Waals surface area contributed by atoms with Crippen molar-refractivity contribution in [3.63, 3.8) is 0 Å². The van der Waals surface area contributed by atoms with E-state index in [9.17, 15) is 4.79 Å². The van der Waals surface area contributed by atoms with Crippen LogP contribution >= 0.6 is 15.9 Å². The Morgan fingerprint density at radius 1 is 0.923 bits per heavy atom. The van der Waals surface area contributed by atoms with Crippen LogP contribution in [-0.4, -0.2) is 25.9 Å². The van der Waals surface area contributed by atoms with E-state index in [1.165, 1.54) is 0 Å². The van der Waals surface area contributed by atoms with Gasteiger partial charge in [-0.25, -0.2) is 4.79 Å². The van der Waals surface area contributed by atoms with E-state index in [0.717, 1.165) is 4.47 Å². The zero-order chi connectivity index (χ0) is 18.9. The number of rotatable bonds is 8. The summed E-state index contributed by atoms with van der Waals surface area (Å²) in [6.45, 7) is 7.08. The lowest BCUT2D eigenvalue weighted by Gasteiger charge is -2.17. The first-order valence-corrected chi connectivity index (χ1v) is 9.27. The minimum Gasteiger partial charge on any atom is -0.490 e. The van der Waals surface area contributed by atoms with Gasteiger partial charge in [-0.2, -0.15) is 0 Å². The molecule has 0 aliphatic carbocycles. The van der Waals surface area contributed by atoms with Crippen LogP contribution in [0.5, 0.6) is 17.2 Å². The lowest BCUT2D eigenvalue weighted by atomic mass is 10.2. The van der Waals surface area contributed by atoms with E-state index >= 15 is 0 Å². The largest absolute Gasteiger partial charge is 0.490 e. The summed E-state index contributed by atoms with van der Waals surface area (Å²) in [7, 11) is 0. The number of hydrogen-bond acceptors (Lipinski definition) is 4. The molecular weight excluding hydrogens is 400 g/mol. The lowest BCUT2D eigenvalue weighted by molar-refractivity contribution is 0.260. The summed E-state index contributed by atoms with van der Waals surface area (Å²) in [5.41, 5.74) is 1.22. The highest BCUT2D eigenvalue weighted by Crippen LogP contribution is 2.40. The molecular formula is C19H23BrN2O4. The molecule has 7 heteroatoms. The van der Waals surface area contributed by atoms with Crippen LogP contribution in [0, 0.1) is 0 Å². The van der Waals surface area contributed by atoms with Crippen LogP contribution in [0.3, 0.4) is 0 Å². The predicted molar refractivity (Wildman–Crippen MR) is 107 cm³/mol. The van der Waals surface area contributed by atoms with Crippen LogP contribution in [-0.2, 0) is 0 Å². The van der Waals surface area contributed by atoms with E-state index < -0.39 is 0 Å². The Hall–Kier alpha value is -2.41. The number of hydrogen-bond donors (Lipinski definition) is 2. The average molecular weight is 423 g/mol. The van der Waals surface area contributed by atoms with Crippen LogP contribution in [0.4, 0.5) is 16.2 Å². The predicted octanol–water partition coefficient (Wildman–Crippen LogP) is 5.29. The number of para-hydroxylation sites is 1. The van der Waals surface area contributed by atoms with Gasteiger partial charge in [-0.15, -0.1) is 0 Å². The van der Waals surface area contributed by atoms with Crippen molar-refractivity contribution in [3.8, 4) is 17.2 Å². The molecule has 2 rings (SSSR count). The van der Waals surface area contributed by atoms with Crippen molar-refractivity contribution in [2.45, 2.75) is 20.8 Å². The van der Waals surface area contributed by atoms with Crippen molar-refractivity contribution in [1.82, 2.24) is 0 Å². The van der Waals surface area contributed by atoms with Crippen LogP contribution in [0.2, 0.25) is 0 Å². The summed E-state index contributed by atoms with van der Waals surface area (Å²) in [5.74, 6) is 1.58. The van der Waals surface area contributed by atoms with E-state index in [2.05, 4.69) is 26.6 Å². The Balaban J connectivity index is 2.24. The highest BCUT2D eigenvalue weighted by Gasteiger charge is 2.16. The number of urea groups is 1. The monoisotopic (exact) mass is 422 g/mol. The highest BCUT2D eigenvalue weighted by atomic mass is 79.9. The minimum atomic E-state index is -0.369. The van der Waals surface area contributed by atoms with Gasteiger partial charge in [0.25, 0.3) is 0 Å². The van der Waals surface area contributed by atoms with E-state index in [1.54, 1.807) is 18.2 Å². The molecule has 2 amide bonds. The maximum absolute atomic E-state index is 12.3. The van der Waals surface area contributed by atoms with Crippen molar-refractivity contribution in [3.05, 3.63) is 40.9 Å². The summed E-state index contributed by atoms with van der Waals surface area (Å²) in [5, 5.41) is 5.59.